The molecular weight excluding hydrogens is 392 g/mol. The third-order valence-electron chi connectivity index (χ3n) is 1.87. The molecule has 0 saturated heterocycles. The molecule has 1 heterocycles. The van der Waals surface area contributed by atoms with E-state index in [1.807, 2.05) is 0 Å². The van der Waals surface area contributed by atoms with Crippen molar-refractivity contribution in [1.29, 1.82) is 0 Å². The third kappa shape index (κ3) is 4.76. The van der Waals surface area contributed by atoms with Gasteiger partial charge in [-0.3, -0.25) is 4.79 Å². The third-order valence-corrected chi connectivity index (χ3v) is 2.76. The number of pyridine rings is 1. The van der Waals surface area contributed by atoms with Crippen molar-refractivity contribution in [2.24, 2.45) is 0 Å². The lowest BCUT2D eigenvalue weighted by atomic mass is 10.1. The van der Waals surface area contributed by atoms with Crippen LogP contribution in [0.25, 0.3) is 0 Å². The molecule has 0 unspecified atom stereocenters. The highest BCUT2D eigenvalue weighted by molar-refractivity contribution is 14.1. The van der Waals surface area contributed by atoms with Crippen LogP contribution in [0.5, 0.6) is 5.88 Å². The van der Waals surface area contributed by atoms with Gasteiger partial charge in [0.1, 0.15) is 3.70 Å². The van der Waals surface area contributed by atoms with Crippen LogP contribution in [0.2, 0.25) is 0 Å². The maximum absolute atomic E-state index is 12.7. The lowest BCUT2D eigenvalue weighted by Crippen LogP contribution is -2.19. The SMILES string of the molecule is O=C(O)Cc1c(C(F)F)cc(OC(F)(F)F)nc1I. The van der Waals surface area contributed by atoms with Gasteiger partial charge in [0.15, 0.2) is 0 Å². The molecule has 0 spiro atoms. The predicted molar refractivity (Wildman–Crippen MR) is 59.9 cm³/mol. The van der Waals surface area contributed by atoms with Crippen molar-refractivity contribution >= 4 is 28.6 Å². The van der Waals surface area contributed by atoms with Gasteiger partial charge in [0.2, 0.25) is 5.88 Å². The highest BCUT2D eigenvalue weighted by Crippen LogP contribution is 2.31. The number of aliphatic carboxylic acids is 1. The van der Waals surface area contributed by atoms with Crippen LogP contribution in [0.1, 0.15) is 17.6 Å². The van der Waals surface area contributed by atoms with Crippen LogP contribution >= 0.6 is 22.6 Å². The number of carbonyl (C=O) groups is 1. The first-order valence-electron chi connectivity index (χ1n) is 4.55. The second-order valence-electron chi connectivity index (χ2n) is 3.24. The Morgan fingerprint density at radius 3 is 2.47 bits per heavy atom. The molecule has 1 aromatic heterocycles. The molecule has 0 aliphatic rings. The molecule has 1 aromatic rings. The molecule has 0 aliphatic carbocycles. The molecule has 0 aliphatic heterocycles. The largest absolute Gasteiger partial charge is 0.574 e. The average molecular weight is 397 g/mol. The minimum atomic E-state index is -5.07. The Balaban J connectivity index is 3.25. The van der Waals surface area contributed by atoms with Crippen LogP contribution in [0.15, 0.2) is 6.07 Å². The second kappa shape index (κ2) is 5.84. The highest BCUT2D eigenvalue weighted by atomic mass is 127. The lowest BCUT2D eigenvalue weighted by Gasteiger charge is -2.13. The van der Waals surface area contributed by atoms with E-state index < -0.39 is 36.6 Å². The Morgan fingerprint density at radius 1 is 1.47 bits per heavy atom. The number of hydrogen-bond donors (Lipinski definition) is 1. The van der Waals surface area contributed by atoms with Gasteiger partial charge in [-0.15, -0.1) is 13.2 Å². The molecule has 0 radical (unpaired) electrons. The van der Waals surface area contributed by atoms with E-state index in [0.29, 0.717) is 6.07 Å². The van der Waals surface area contributed by atoms with Crippen molar-refractivity contribution in [2.75, 3.05) is 0 Å². The maximum atomic E-state index is 12.7. The van der Waals surface area contributed by atoms with E-state index >= 15 is 0 Å². The summed E-state index contributed by atoms with van der Waals surface area (Å²) in [5, 5.41) is 8.57. The first-order chi connectivity index (χ1) is 8.60. The van der Waals surface area contributed by atoms with Crippen LogP contribution in [-0.4, -0.2) is 22.4 Å². The van der Waals surface area contributed by atoms with E-state index in [1.54, 1.807) is 0 Å². The summed E-state index contributed by atoms with van der Waals surface area (Å²) in [4.78, 5) is 13.8. The topological polar surface area (TPSA) is 59.4 Å². The fraction of sp³-hybridized carbons (Fsp3) is 0.333. The van der Waals surface area contributed by atoms with Crippen LogP contribution in [0, 0.1) is 3.70 Å². The second-order valence-corrected chi connectivity index (χ2v) is 4.26. The Morgan fingerprint density at radius 2 is 2.05 bits per heavy atom. The monoisotopic (exact) mass is 397 g/mol. The fourth-order valence-corrected chi connectivity index (χ4v) is 1.97. The van der Waals surface area contributed by atoms with Crippen LogP contribution in [0.3, 0.4) is 0 Å². The summed E-state index contributed by atoms with van der Waals surface area (Å²) in [7, 11) is 0. The first-order valence-corrected chi connectivity index (χ1v) is 5.63. The summed E-state index contributed by atoms with van der Waals surface area (Å²) >= 11 is 1.37. The van der Waals surface area contributed by atoms with E-state index in [1.165, 1.54) is 22.6 Å². The molecule has 106 valence electrons. The van der Waals surface area contributed by atoms with E-state index in [9.17, 15) is 26.7 Å². The quantitative estimate of drug-likeness (QED) is 0.482. The molecule has 0 atom stereocenters. The zero-order valence-electron chi connectivity index (χ0n) is 8.84. The van der Waals surface area contributed by atoms with Gasteiger partial charge >= 0.3 is 12.3 Å². The molecule has 0 aromatic carbocycles. The summed E-state index contributed by atoms with van der Waals surface area (Å²) < 4.78 is 64.5. The number of alkyl halides is 5. The van der Waals surface area contributed by atoms with Crippen LogP contribution in [0.4, 0.5) is 22.0 Å². The lowest BCUT2D eigenvalue weighted by molar-refractivity contribution is -0.276. The Bertz CT molecular complexity index is 491. The Kier molecular flexibility index (Phi) is 4.87. The minimum absolute atomic E-state index is 0.281. The van der Waals surface area contributed by atoms with Gasteiger partial charge in [-0.25, -0.2) is 13.8 Å². The number of carboxylic acid groups (broad SMARTS) is 1. The van der Waals surface area contributed by atoms with Gasteiger partial charge < -0.3 is 9.84 Å². The standard InChI is InChI=1S/C9H5F5INO3/c10-7(11)3-1-5(19-9(12,13)14)16-8(15)4(3)2-6(17)18/h1,7H,2H2,(H,17,18). The maximum Gasteiger partial charge on any atom is 0.574 e. The number of rotatable bonds is 4. The molecule has 0 amide bonds. The smallest absolute Gasteiger partial charge is 0.481 e. The average Bonchev–Trinajstić information content (AvgIpc) is 2.18. The van der Waals surface area contributed by atoms with Crippen LogP contribution in [-0.2, 0) is 11.2 Å². The molecule has 0 fully saturated rings. The van der Waals surface area contributed by atoms with Gasteiger partial charge in [0.25, 0.3) is 6.43 Å². The van der Waals surface area contributed by atoms with Crippen molar-refractivity contribution in [1.82, 2.24) is 4.98 Å². The zero-order chi connectivity index (χ0) is 14.8. The molecule has 0 bridgehead atoms. The number of ether oxygens (including phenoxy) is 1. The van der Waals surface area contributed by atoms with Gasteiger partial charge in [-0.2, -0.15) is 0 Å². The number of aromatic nitrogens is 1. The molecule has 0 saturated carbocycles. The van der Waals surface area contributed by atoms with Gasteiger partial charge in [-0.05, 0) is 22.6 Å². The number of nitrogens with zero attached hydrogens (tertiary/aromatic N) is 1. The molecule has 10 heteroatoms. The summed E-state index contributed by atoms with van der Waals surface area (Å²) in [6, 6.07) is 0.387. The molecule has 4 nitrogen and oxygen atoms in total. The normalized spacial score (nSPS) is 11.7. The Labute approximate surface area is 116 Å². The van der Waals surface area contributed by atoms with Gasteiger partial charge in [0.05, 0.1) is 6.42 Å². The van der Waals surface area contributed by atoms with Crippen molar-refractivity contribution in [2.45, 2.75) is 19.2 Å². The van der Waals surface area contributed by atoms with Crippen molar-refractivity contribution < 1.29 is 36.6 Å². The first kappa shape index (κ1) is 15.9. The highest BCUT2D eigenvalue weighted by Gasteiger charge is 2.33. The van der Waals surface area contributed by atoms with Gasteiger partial charge in [0, 0.05) is 17.2 Å². The van der Waals surface area contributed by atoms with Crippen molar-refractivity contribution in [3.8, 4) is 5.88 Å². The van der Waals surface area contributed by atoms with Gasteiger partial charge in [-0.1, -0.05) is 0 Å². The fourth-order valence-electron chi connectivity index (χ4n) is 1.23. The summed E-state index contributed by atoms with van der Waals surface area (Å²) in [5.74, 6) is -2.45. The summed E-state index contributed by atoms with van der Waals surface area (Å²) in [6.45, 7) is 0. The zero-order valence-corrected chi connectivity index (χ0v) is 11.0. The number of hydrogen-bond acceptors (Lipinski definition) is 3. The van der Waals surface area contributed by atoms with E-state index in [4.69, 9.17) is 5.11 Å². The Hall–Kier alpha value is -1.20. The molecular formula is C9H5F5INO3. The summed E-state index contributed by atoms with van der Waals surface area (Å²) in [5.41, 5.74) is -1.18. The van der Waals surface area contributed by atoms with E-state index in [0.717, 1.165) is 0 Å². The van der Waals surface area contributed by atoms with E-state index in [2.05, 4.69) is 9.72 Å². The molecule has 1 rings (SSSR count). The molecule has 19 heavy (non-hydrogen) atoms. The number of carboxylic acids is 1. The molecule has 1 N–H and O–H groups in total. The summed E-state index contributed by atoms with van der Waals surface area (Å²) in [6.07, 6.45) is -8.97. The van der Waals surface area contributed by atoms with Crippen molar-refractivity contribution in [3.05, 3.63) is 20.9 Å². The van der Waals surface area contributed by atoms with Crippen LogP contribution < -0.4 is 4.74 Å². The van der Waals surface area contributed by atoms with Crippen molar-refractivity contribution in [3.63, 3.8) is 0 Å². The number of halogens is 6. The van der Waals surface area contributed by atoms with E-state index in [-0.39, 0.29) is 9.26 Å². The predicted octanol–water partition coefficient (Wildman–Crippen LogP) is 3.15. The minimum Gasteiger partial charge on any atom is -0.481 e.